The Bertz CT molecular complexity index is 545. The van der Waals surface area contributed by atoms with E-state index in [2.05, 4.69) is 9.97 Å². The summed E-state index contributed by atoms with van der Waals surface area (Å²) < 4.78 is 0. The van der Waals surface area contributed by atoms with Crippen LogP contribution < -0.4 is 0 Å². The molecule has 0 aliphatic carbocycles. The summed E-state index contributed by atoms with van der Waals surface area (Å²) in [6.07, 6.45) is 5.71. The minimum atomic E-state index is -1.01. The predicted molar refractivity (Wildman–Crippen MR) is 57.8 cm³/mol. The zero-order valence-electron chi connectivity index (χ0n) is 7.57. The van der Waals surface area contributed by atoms with Crippen molar-refractivity contribution in [2.24, 2.45) is 0 Å². The fourth-order valence-electron chi connectivity index (χ4n) is 1.27. The van der Waals surface area contributed by atoms with Crippen molar-refractivity contribution in [1.29, 1.82) is 0 Å². The molecule has 2 rings (SSSR count). The first-order valence-corrected chi connectivity index (χ1v) is 4.59. The Morgan fingerprint density at radius 1 is 1.60 bits per heavy atom. The molecule has 76 valence electrons. The molecule has 2 aromatic heterocycles. The van der Waals surface area contributed by atoms with Gasteiger partial charge in [0.05, 0.1) is 5.02 Å². The molecule has 0 bridgehead atoms. The topological polar surface area (TPSA) is 66.0 Å². The molecule has 0 radical (unpaired) electrons. The van der Waals surface area contributed by atoms with E-state index in [1.807, 2.05) is 0 Å². The van der Waals surface area contributed by atoms with Gasteiger partial charge in [-0.3, -0.25) is 0 Å². The number of fused-ring (bicyclic) bond motifs is 1. The highest BCUT2D eigenvalue weighted by Gasteiger charge is 2.05. The van der Waals surface area contributed by atoms with Crippen LogP contribution in [0.4, 0.5) is 0 Å². The summed E-state index contributed by atoms with van der Waals surface area (Å²) in [4.78, 5) is 17.4. The molecule has 0 saturated carbocycles. The molecule has 0 atom stereocenters. The molecular formula is C10H7ClN2O2. The molecule has 0 aliphatic rings. The van der Waals surface area contributed by atoms with Crippen LogP contribution in [0.25, 0.3) is 17.1 Å². The summed E-state index contributed by atoms with van der Waals surface area (Å²) in [6, 6.07) is 1.79. The number of aliphatic carboxylic acids is 1. The van der Waals surface area contributed by atoms with E-state index in [9.17, 15) is 4.79 Å². The second-order valence-electron chi connectivity index (χ2n) is 2.94. The van der Waals surface area contributed by atoms with Gasteiger partial charge in [-0.15, -0.1) is 0 Å². The standard InChI is InChI=1S/C10H7ClN2O2/c11-9-6(1-2-8(14)15)5-13-10-7(9)3-4-12-10/h1-5H,(H,12,13)(H,14,15)/b2-1+. The SMILES string of the molecule is O=C(O)/C=C/c1cnc2[nH]ccc2c1Cl. The Labute approximate surface area is 90.2 Å². The lowest BCUT2D eigenvalue weighted by molar-refractivity contribution is -0.131. The van der Waals surface area contributed by atoms with Gasteiger partial charge in [-0.05, 0) is 12.1 Å². The largest absolute Gasteiger partial charge is 0.478 e. The van der Waals surface area contributed by atoms with Crippen molar-refractivity contribution in [3.8, 4) is 0 Å². The van der Waals surface area contributed by atoms with Crippen molar-refractivity contribution < 1.29 is 9.90 Å². The lowest BCUT2D eigenvalue weighted by atomic mass is 10.2. The van der Waals surface area contributed by atoms with Gasteiger partial charge in [-0.1, -0.05) is 11.6 Å². The smallest absolute Gasteiger partial charge is 0.328 e. The van der Waals surface area contributed by atoms with Gasteiger partial charge in [0.1, 0.15) is 5.65 Å². The van der Waals surface area contributed by atoms with Crippen LogP contribution in [-0.2, 0) is 4.79 Å². The van der Waals surface area contributed by atoms with Gasteiger partial charge in [-0.25, -0.2) is 9.78 Å². The second-order valence-corrected chi connectivity index (χ2v) is 3.32. The number of carbonyl (C=O) groups is 1. The maximum Gasteiger partial charge on any atom is 0.328 e. The third-order valence-electron chi connectivity index (χ3n) is 1.95. The van der Waals surface area contributed by atoms with Crippen LogP contribution in [0.3, 0.4) is 0 Å². The molecule has 0 amide bonds. The summed E-state index contributed by atoms with van der Waals surface area (Å²) in [6.45, 7) is 0. The maximum atomic E-state index is 10.3. The fourth-order valence-corrected chi connectivity index (χ4v) is 1.53. The molecule has 2 N–H and O–H groups in total. The Balaban J connectivity index is 2.52. The van der Waals surface area contributed by atoms with Crippen LogP contribution in [-0.4, -0.2) is 21.0 Å². The predicted octanol–water partition coefficient (Wildman–Crippen LogP) is 2.31. The van der Waals surface area contributed by atoms with Crippen LogP contribution in [0, 0.1) is 0 Å². The average Bonchev–Trinajstić information content (AvgIpc) is 2.65. The molecule has 4 nitrogen and oxygen atoms in total. The van der Waals surface area contributed by atoms with Gasteiger partial charge in [0.25, 0.3) is 0 Å². The molecule has 2 aromatic rings. The molecule has 2 heterocycles. The van der Waals surface area contributed by atoms with E-state index in [4.69, 9.17) is 16.7 Å². The third-order valence-corrected chi connectivity index (χ3v) is 2.38. The highest BCUT2D eigenvalue weighted by molar-refractivity contribution is 6.36. The van der Waals surface area contributed by atoms with E-state index < -0.39 is 5.97 Å². The maximum absolute atomic E-state index is 10.3. The van der Waals surface area contributed by atoms with Crippen molar-refractivity contribution >= 4 is 34.7 Å². The number of nitrogens with one attached hydrogen (secondary N) is 1. The fraction of sp³-hybridized carbons (Fsp3) is 0. The summed E-state index contributed by atoms with van der Waals surface area (Å²) in [7, 11) is 0. The number of carboxylic acids is 1. The number of pyridine rings is 1. The first-order chi connectivity index (χ1) is 7.18. The monoisotopic (exact) mass is 222 g/mol. The van der Waals surface area contributed by atoms with E-state index in [0.29, 0.717) is 16.2 Å². The minimum absolute atomic E-state index is 0.499. The van der Waals surface area contributed by atoms with Gasteiger partial charge in [0.2, 0.25) is 0 Å². The molecular weight excluding hydrogens is 216 g/mol. The van der Waals surface area contributed by atoms with E-state index in [-0.39, 0.29) is 0 Å². The van der Waals surface area contributed by atoms with Crippen LogP contribution >= 0.6 is 11.6 Å². The number of hydrogen-bond acceptors (Lipinski definition) is 2. The first kappa shape index (κ1) is 9.73. The molecule has 0 fully saturated rings. The number of halogens is 1. The van der Waals surface area contributed by atoms with Crippen molar-refractivity contribution in [2.45, 2.75) is 0 Å². The van der Waals surface area contributed by atoms with Gasteiger partial charge in [0.15, 0.2) is 0 Å². The molecule has 0 spiro atoms. The van der Waals surface area contributed by atoms with Crippen LogP contribution in [0.2, 0.25) is 5.02 Å². The quantitative estimate of drug-likeness (QED) is 0.767. The lowest BCUT2D eigenvalue weighted by Crippen LogP contribution is -1.87. The Morgan fingerprint density at radius 3 is 3.13 bits per heavy atom. The number of aromatic amines is 1. The summed E-state index contributed by atoms with van der Waals surface area (Å²) in [5, 5.41) is 9.76. The normalized spacial score (nSPS) is 11.3. The zero-order valence-corrected chi connectivity index (χ0v) is 8.32. The van der Waals surface area contributed by atoms with E-state index >= 15 is 0 Å². The number of carboxylic acid groups (broad SMARTS) is 1. The molecule has 0 aliphatic heterocycles. The Kier molecular flexibility index (Phi) is 2.43. The first-order valence-electron chi connectivity index (χ1n) is 4.21. The summed E-state index contributed by atoms with van der Waals surface area (Å²) in [5.74, 6) is -1.01. The van der Waals surface area contributed by atoms with E-state index in [1.54, 1.807) is 12.3 Å². The molecule has 0 unspecified atom stereocenters. The Hall–Kier alpha value is -1.81. The average molecular weight is 223 g/mol. The summed E-state index contributed by atoms with van der Waals surface area (Å²) >= 11 is 6.06. The summed E-state index contributed by atoms with van der Waals surface area (Å²) in [5.41, 5.74) is 1.28. The van der Waals surface area contributed by atoms with Gasteiger partial charge < -0.3 is 10.1 Å². The highest BCUT2D eigenvalue weighted by Crippen LogP contribution is 2.25. The number of nitrogens with zero attached hydrogens (tertiary/aromatic N) is 1. The van der Waals surface area contributed by atoms with Crippen LogP contribution in [0.15, 0.2) is 24.5 Å². The Morgan fingerprint density at radius 2 is 2.40 bits per heavy atom. The van der Waals surface area contributed by atoms with Crippen molar-refractivity contribution in [2.75, 3.05) is 0 Å². The van der Waals surface area contributed by atoms with Gasteiger partial charge in [-0.2, -0.15) is 0 Å². The lowest BCUT2D eigenvalue weighted by Gasteiger charge is -1.98. The van der Waals surface area contributed by atoms with Crippen molar-refractivity contribution in [3.63, 3.8) is 0 Å². The highest BCUT2D eigenvalue weighted by atomic mass is 35.5. The van der Waals surface area contributed by atoms with Crippen molar-refractivity contribution in [3.05, 3.63) is 35.1 Å². The van der Waals surface area contributed by atoms with Crippen molar-refractivity contribution in [1.82, 2.24) is 9.97 Å². The number of hydrogen-bond donors (Lipinski definition) is 2. The van der Waals surface area contributed by atoms with Gasteiger partial charge >= 0.3 is 5.97 Å². The third kappa shape index (κ3) is 1.85. The van der Waals surface area contributed by atoms with Crippen LogP contribution in [0.1, 0.15) is 5.56 Å². The zero-order chi connectivity index (χ0) is 10.8. The number of H-pyrrole nitrogens is 1. The number of aromatic nitrogens is 2. The molecule has 0 saturated heterocycles. The van der Waals surface area contributed by atoms with E-state index in [1.165, 1.54) is 12.3 Å². The van der Waals surface area contributed by atoms with Gasteiger partial charge in [0, 0.05) is 29.4 Å². The molecule has 15 heavy (non-hydrogen) atoms. The minimum Gasteiger partial charge on any atom is -0.478 e. The second kappa shape index (κ2) is 3.74. The number of rotatable bonds is 2. The molecule has 0 aromatic carbocycles. The van der Waals surface area contributed by atoms with Crippen LogP contribution in [0.5, 0.6) is 0 Å². The molecule has 5 heteroatoms. The van der Waals surface area contributed by atoms with E-state index in [0.717, 1.165) is 11.5 Å².